The predicted molar refractivity (Wildman–Crippen MR) is 53.2 cm³/mol. The van der Waals surface area contributed by atoms with Gasteiger partial charge in [0.2, 0.25) is 0 Å². The van der Waals surface area contributed by atoms with Gasteiger partial charge in [-0.05, 0) is 12.1 Å². The van der Waals surface area contributed by atoms with Crippen LogP contribution in [0.4, 0.5) is 0 Å². The van der Waals surface area contributed by atoms with E-state index in [0.29, 0.717) is 5.56 Å². The molecule has 0 saturated heterocycles. The molecule has 0 atom stereocenters. The van der Waals surface area contributed by atoms with Crippen molar-refractivity contribution in [3.63, 3.8) is 0 Å². The highest BCUT2D eigenvalue weighted by atomic mass is 16.6. The molecule has 15 heavy (non-hydrogen) atoms. The molecule has 4 nitrogen and oxygen atoms in total. The van der Waals surface area contributed by atoms with Gasteiger partial charge in [-0.15, -0.1) is 0 Å². The first-order valence-electron chi connectivity index (χ1n) is 4.51. The monoisotopic (exact) mass is 205 g/mol. The van der Waals surface area contributed by atoms with Crippen LogP contribution in [0.3, 0.4) is 0 Å². The summed E-state index contributed by atoms with van der Waals surface area (Å²) in [4.78, 5) is 11.3. The molecule has 0 aromatic heterocycles. The molecule has 0 radical (unpaired) electrons. The number of nitrogens with zero attached hydrogens (tertiary/aromatic N) is 1. The Morgan fingerprint density at radius 3 is 2.67 bits per heavy atom. The molecule has 0 heterocycles. The van der Waals surface area contributed by atoms with Crippen molar-refractivity contribution < 1.29 is 14.3 Å². The molecule has 0 aliphatic carbocycles. The smallest absolute Gasteiger partial charge is 0.338 e. The molecule has 0 amide bonds. The number of hydrogen-bond donors (Lipinski definition) is 0. The van der Waals surface area contributed by atoms with Gasteiger partial charge < -0.3 is 9.47 Å². The predicted octanol–water partition coefficient (Wildman–Crippen LogP) is 1.38. The zero-order chi connectivity index (χ0) is 10.9. The van der Waals surface area contributed by atoms with Crippen molar-refractivity contribution in [2.24, 2.45) is 0 Å². The number of carbonyl (C=O) groups is 1. The quantitative estimate of drug-likeness (QED) is 0.538. The van der Waals surface area contributed by atoms with Crippen LogP contribution in [-0.4, -0.2) is 25.8 Å². The molecule has 1 rings (SSSR count). The maximum absolute atomic E-state index is 11.3. The van der Waals surface area contributed by atoms with Crippen molar-refractivity contribution in [3.8, 4) is 6.07 Å². The molecule has 0 fully saturated rings. The summed E-state index contributed by atoms with van der Waals surface area (Å²) < 4.78 is 9.73. The van der Waals surface area contributed by atoms with Gasteiger partial charge in [0.05, 0.1) is 18.2 Å². The Morgan fingerprint density at radius 2 is 2.00 bits per heavy atom. The van der Waals surface area contributed by atoms with Gasteiger partial charge in [0.1, 0.15) is 13.2 Å². The number of benzene rings is 1. The van der Waals surface area contributed by atoms with Gasteiger partial charge in [-0.1, -0.05) is 18.2 Å². The van der Waals surface area contributed by atoms with Crippen molar-refractivity contribution in [2.75, 3.05) is 19.8 Å². The Labute approximate surface area is 88.0 Å². The van der Waals surface area contributed by atoms with Crippen LogP contribution in [0, 0.1) is 11.3 Å². The van der Waals surface area contributed by atoms with E-state index < -0.39 is 0 Å². The maximum Gasteiger partial charge on any atom is 0.338 e. The van der Waals surface area contributed by atoms with E-state index in [2.05, 4.69) is 0 Å². The van der Waals surface area contributed by atoms with E-state index >= 15 is 0 Å². The number of carbonyl (C=O) groups excluding carboxylic acids is 1. The Kier molecular flexibility index (Phi) is 4.91. The molecular formula is C11H11NO3. The van der Waals surface area contributed by atoms with Crippen LogP contribution in [0.2, 0.25) is 0 Å². The fraction of sp³-hybridized carbons (Fsp3) is 0.273. The van der Waals surface area contributed by atoms with Crippen molar-refractivity contribution in [1.82, 2.24) is 0 Å². The fourth-order valence-electron chi connectivity index (χ4n) is 0.969. The summed E-state index contributed by atoms with van der Waals surface area (Å²) in [5.74, 6) is -0.379. The summed E-state index contributed by atoms with van der Waals surface area (Å²) in [7, 11) is 0. The summed E-state index contributed by atoms with van der Waals surface area (Å²) in [5.41, 5.74) is 0.512. The lowest BCUT2D eigenvalue weighted by atomic mass is 10.2. The molecule has 1 aromatic rings. The highest BCUT2D eigenvalue weighted by Crippen LogP contribution is 2.00. The standard InChI is InChI=1S/C11H11NO3/c12-6-7-14-8-9-15-11(13)10-4-2-1-3-5-10/h1-5H,7-9H2. The molecule has 0 unspecified atom stereocenters. The second kappa shape index (κ2) is 6.57. The van der Waals surface area contributed by atoms with Gasteiger partial charge >= 0.3 is 5.97 Å². The highest BCUT2D eigenvalue weighted by Gasteiger charge is 2.04. The number of esters is 1. The van der Waals surface area contributed by atoms with Crippen LogP contribution in [0.15, 0.2) is 30.3 Å². The molecule has 0 aliphatic heterocycles. The van der Waals surface area contributed by atoms with Crippen LogP contribution in [0.5, 0.6) is 0 Å². The lowest BCUT2D eigenvalue weighted by molar-refractivity contribution is 0.0358. The molecular weight excluding hydrogens is 194 g/mol. The number of hydrogen-bond acceptors (Lipinski definition) is 4. The van der Waals surface area contributed by atoms with E-state index in [1.165, 1.54) is 0 Å². The van der Waals surface area contributed by atoms with Gasteiger partial charge in [0.25, 0.3) is 0 Å². The Hall–Kier alpha value is -1.86. The largest absolute Gasteiger partial charge is 0.460 e. The number of nitriles is 1. The third-order valence-electron chi connectivity index (χ3n) is 1.64. The van der Waals surface area contributed by atoms with Crippen LogP contribution in [-0.2, 0) is 9.47 Å². The van der Waals surface area contributed by atoms with E-state index in [-0.39, 0.29) is 25.8 Å². The molecule has 0 aliphatic rings. The lowest BCUT2D eigenvalue weighted by Gasteiger charge is -2.03. The minimum atomic E-state index is -0.379. The average Bonchev–Trinajstić information content (AvgIpc) is 2.30. The lowest BCUT2D eigenvalue weighted by Crippen LogP contribution is -2.10. The topological polar surface area (TPSA) is 59.3 Å². The molecule has 4 heteroatoms. The summed E-state index contributed by atoms with van der Waals surface area (Å²) in [6.45, 7) is 0.421. The van der Waals surface area contributed by atoms with Crippen LogP contribution in [0.1, 0.15) is 10.4 Å². The first kappa shape index (κ1) is 11.2. The Morgan fingerprint density at radius 1 is 1.27 bits per heavy atom. The van der Waals surface area contributed by atoms with E-state index in [9.17, 15) is 4.79 Å². The highest BCUT2D eigenvalue weighted by molar-refractivity contribution is 5.89. The van der Waals surface area contributed by atoms with Gasteiger partial charge in [-0.25, -0.2) is 4.79 Å². The third-order valence-corrected chi connectivity index (χ3v) is 1.64. The third kappa shape index (κ3) is 4.25. The van der Waals surface area contributed by atoms with E-state index in [0.717, 1.165) is 0 Å². The van der Waals surface area contributed by atoms with Crippen molar-refractivity contribution >= 4 is 5.97 Å². The zero-order valence-corrected chi connectivity index (χ0v) is 8.18. The van der Waals surface area contributed by atoms with Gasteiger partial charge in [-0.3, -0.25) is 0 Å². The number of rotatable bonds is 5. The summed E-state index contributed by atoms with van der Waals surface area (Å²) in [6, 6.07) is 10.5. The Balaban J connectivity index is 2.23. The van der Waals surface area contributed by atoms with Crippen LogP contribution >= 0.6 is 0 Å². The minimum absolute atomic E-state index is 0.0168. The van der Waals surface area contributed by atoms with Gasteiger partial charge in [0.15, 0.2) is 0 Å². The first-order valence-corrected chi connectivity index (χ1v) is 4.51. The average molecular weight is 205 g/mol. The normalized spacial score (nSPS) is 9.27. The van der Waals surface area contributed by atoms with Crippen molar-refractivity contribution in [3.05, 3.63) is 35.9 Å². The molecule has 0 spiro atoms. The van der Waals surface area contributed by atoms with Crippen LogP contribution in [0.25, 0.3) is 0 Å². The molecule has 1 aromatic carbocycles. The van der Waals surface area contributed by atoms with E-state index in [1.54, 1.807) is 24.3 Å². The Bertz CT molecular complexity index is 343. The summed E-state index contributed by atoms with van der Waals surface area (Å²) >= 11 is 0. The molecule has 78 valence electrons. The van der Waals surface area contributed by atoms with Gasteiger partial charge in [-0.2, -0.15) is 5.26 Å². The van der Waals surface area contributed by atoms with Crippen LogP contribution < -0.4 is 0 Å². The number of ether oxygens (including phenoxy) is 2. The second-order valence-electron chi connectivity index (χ2n) is 2.71. The van der Waals surface area contributed by atoms with E-state index in [1.807, 2.05) is 12.1 Å². The zero-order valence-electron chi connectivity index (χ0n) is 8.18. The maximum atomic E-state index is 11.3. The minimum Gasteiger partial charge on any atom is -0.460 e. The fourth-order valence-corrected chi connectivity index (χ4v) is 0.969. The summed E-state index contributed by atoms with van der Waals surface area (Å²) in [5, 5.41) is 8.17. The second-order valence-corrected chi connectivity index (χ2v) is 2.71. The molecule has 0 bridgehead atoms. The van der Waals surface area contributed by atoms with Gasteiger partial charge in [0, 0.05) is 0 Å². The SMILES string of the molecule is N#CCOCCOC(=O)c1ccccc1. The molecule has 0 N–H and O–H groups in total. The van der Waals surface area contributed by atoms with E-state index in [4.69, 9.17) is 14.7 Å². The summed E-state index contributed by atoms with van der Waals surface area (Å²) in [6.07, 6.45) is 0. The van der Waals surface area contributed by atoms with Crippen molar-refractivity contribution in [1.29, 1.82) is 5.26 Å². The molecule has 0 saturated carbocycles. The van der Waals surface area contributed by atoms with Crippen molar-refractivity contribution in [2.45, 2.75) is 0 Å². The first-order chi connectivity index (χ1) is 7.34.